The van der Waals surface area contributed by atoms with Gasteiger partial charge in [-0.3, -0.25) is 0 Å². The summed E-state index contributed by atoms with van der Waals surface area (Å²) in [6.45, 7) is 5.78. The Hall–Kier alpha value is -1.43. The maximum absolute atomic E-state index is 8.39. The predicted molar refractivity (Wildman–Crippen MR) is 42.8 cm³/mol. The van der Waals surface area contributed by atoms with Crippen molar-refractivity contribution >= 4 is 0 Å². The van der Waals surface area contributed by atoms with E-state index in [1.807, 2.05) is 19.9 Å². The molecule has 0 aromatic carbocycles. The molecule has 0 saturated carbocycles. The maximum atomic E-state index is 8.39. The topological polar surface area (TPSA) is 49.6 Å². The highest BCUT2D eigenvalue weighted by atomic mass is 14.8. The molecule has 0 amide bonds. The molecule has 0 bridgehead atoms. The number of hydrogen-bond donors (Lipinski definition) is 0. The van der Waals surface area contributed by atoms with Crippen LogP contribution in [0.1, 0.15) is 25.1 Å². The molecular weight excluding hydrogens is 138 g/mol. The fourth-order valence-corrected chi connectivity index (χ4v) is 0.501. The molecule has 3 nitrogen and oxygen atoms in total. The van der Waals surface area contributed by atoms with E-state index in [9.17, 15) is 0 Å². The first kappa shape index (κ1) is 9.57. The lowest BCUT2D eigenvalue weighted by Gasteiger charge is -1.89. The number of nitriles is 1. The normalized spacial score (nSPS) is 7.45. The molecule has 0 saturated heterocycles. The summed E-state index contributed by atoms with van der Waals surface area (Å²) in [4.78, 5) is 7.50. The van der Waals surface area contributed by atoms with Crippen LogP contribution in [0.2, 0.25) is 0 Å². The van der Waals surface area contributed by atoms with E-state index in [0.29, 0.717) is 5.56 Å². The van der Waals surface area contributed by atoms with Crippen LogP contribution in [0.3, 0.4) is 0 Å². The van der Waals surface area contributed by atoms with Gasteiger partial charge in [-0.25, -0.2) is 9.97 Å². The van der Waals surface area contributed by atoms with Gasteiger partial charge in [0.15, 0.2) is 0 Å². The van der Waals surface area contributed by atoms with Gasteiger partial charge in [-0.05, 0) is 6.92 Å². The second-order valence-electron chi connectivity index (χ2n) is 1.63. The lowest BCUT2D eigenvalue weighted by atomic mass is 10.3. The zero-order valence-electron chi connectivity index (χ0n) is 7.00. The molecule has 0 aliphatic carbocycles. The summed E-state index contributed by atoms with van der Waals surface area (Å²) in [5, 5.41) is 8.39. The zero-order chi connectivity index (χ0) is 8.69. The molecule has 11 heavy (non-hydrogen) atoms. The van der Waals surface area contributed by atoms with Crippen LogP contribution in [0.5, 0.6) is 0 Å². The van der Waals surface area contributed by atoms with Gasteiger partial charge in [0.1, 0.15) is 12.4 Å². The van der Waals surface area contributed by atoms with Gasteiger partial charge in [0.25, 0.3) is 0 Å². The van der Waals surface area contributed by atoms with Crippen molar-refractivity contribution in [3.8, 4) is 6.07 Å². The molecule has 0 radical (unpaired) electrons. The van der Waals surface area contributed by atoms with Gasteiger partial charge in [0.2, 0.25) is 0 Å². The molecule has 58 valence electrons. The van der Waals surface area contributed by atoms with Crippen LogP contribution in [0.15, 0.2) is 12.5 Å². The van der Waals surface area contributed by atoms with Crippen LogP contribution in [-0.2, 0) is 0 Å². The van der Waals surface area contributed by atoms with Gasteiger partial charge >= 0.3 is 0 Å². The van der Waals surface area contributed by atoms with Crippen LogP contribution < -0.4 is 0 Å². The Morgan fingerprint density at radius 1 is 1.45 bits per heavy atom. The van der Waals surface area contributed by atoms with E-state index >= 15 is 0 Å². The van der Waals surface area contributed by atoms with Crippen LogP contribution in [0.25, 0.3) is 0 Å². The van der Waals surface area contributed by atoms with E-state index in [2.05, 4.69) is 9.97 Å². The lowest BCUT2D eigenvalue weighted by Crippen LogP contribution is -1.86. The summed E-state index contributed by atoms with van der Waals surface area (Å²) in [5.41, 5.74) is 1.27. The molecule has 1 heterocycles. The lowest BCUT2D eigenvalue weighted by molar-refractivity contribution is 1.08. The smallest absolute Gasteiger partial charge is 0.115 e. The highest BCUT2D eigenvalue weighted by Crippen LogP contribution is 1.96. The highest BCUT2D eigenvalue weighted by molar-refractivity contribution is 5.28. The van der Waals surface area contributed by atoms with Crippen molar-refractivity contribution in [2.45, 2.75) is 20.8 Å². The molecule has 0 aliphatic heterocycles. The summed E-state index contributed by atoms with van der Waals surface area (Å²) >= 11 is 0. The Morgan fingerprint density at radius 3 is 2.45 bits per heavy atom. The quantitative estimate of drug-likeness (QED) is 0.564. The molecule has 0 fully saturated rings. The zero-order valence-corrected chi connectivity index (χ0v) is 7.00. The van der Waals surface area contributed by atoms with Gasteiger partial charge in [-0.2, -0.15) is 5.26 Å². The Balaban J connectivity index is 0.000000461. The molecule has 3 heteroatoms. The van der Waals surface area contributed by atoms with Crippen LogP contribution >= 0.6 is 0 Å². The number of hydrogen-bond acceptors (Lipinski definition) is 3. The summed E-state index contributed by atoms with van der Waals surface area (Å²) in [6, 6.07) is 1.97. The predicted octanol–water partition coefficient (Wildman–Crippen LogP) is 1.68. The maximum Gasteiger partial charge on any atom is 0.115 e. The largest absolute Gasteiger partial charge is 0.243 e. The Bertz CT molecular complexity index is 250. The van der Waals surface area contributed by atoms with Crippen molar-refractivity contribution in [1.82, 2.24) is 9.97 Å². The van der Waals surface area contributed by atoms with Crippen LogP contribution in [0, 0.1) is 18.3 Å². The van der Waals surface area contributed by atoms with Crippen molar-refractivity contribution < 1.29 is 0 Å². The number of rotatable bonds is 0. The second kappa shape index (κ2) is 5.36. The average Bonchev–Trinajstić information content (AvgIpc) is 2.09. The minimum absolute atomic E-state index is 0.539. The van der Waals surface area contributed by atoms with Gasteiger partial charge in [-0.15, -0.1) is 0 Å². The number of aromatic nitrogens is 2. The summed E-state index contributed by atoms with van der Waals surface area (Å²) in [7, 11) is 0. The standard InChI is InChI=1S/C6H5N3.C2H6/c1-5-6(2-7)3-8-4-9-5;1-2/h3-4H,1H3;1-2H3. The van der Waals surface area contributed by atoms with Gasteiger partial charge in [0.05, 0.1) is 11.3 Å². The molecule has 1 aromatic heterocycles. The Labute approximate surface area is 66.7 Å². The van der Waals surface area contributed by atoms with Gasteiger partial charge < -0.3 is 0 Å². The van der Waals surface area contributed by atoms with E-state index in [1.165, 1.54) is 12.5 Å². The van der Waals surface area contributed by atoms with E-state index in [0.717, 1.165) is 5.69 Å². The summed E-state index contributed by atoms with van der Waals surface area (Å²) < 4.78 is 0. The number of aryl methyl sites for hydroxylation is 1. The highest BCUT2D eigenvalue weighted by Gasteiger charge is 1.92. The second-order valence-corrected chi connectivity index (χ2v) is 1.63. The first-order valence-corrected chi connectivity index (χ1v) is 3.51. The van der Waals surface area contributed by atoms with E-state index in [-0.39, 0.29) is 0 Å². The average molecular weight is 149 g/mol. The summed E-state index contributed by atoms with van der Waals surface area (Å²) in [5.74, 6) is 0. The van der Waals surface area contributed by atoms with E-state index < -0.39 is 0 Å². The third-order valence-electron chi connectivity index (χ3n) is 1.03. The van der Waals surface area contributed by atoms with Crippen molar-refractivity contribution in [2.24, 2.45) is 0 Å². The van der Waals surface area contributed by atoms with Crippen LogP contribution in [-0.4, -0.2) is 9.97 Å². The minimum atomic E-state index is 0.539. The van der Waals surface area contributed by atoms with Gasteiger partial charge in [0, 0.05) is 6.20 Å². The molecule has 1 aromatic rings. The van der Waals surface area contributed by atoms with Crippen molar-refractivity contribution in [3.63, 3.8) is 0 Å². The minimum Gasteiger partial charge on any atom is -0.243 e. The molecule has 0 N–H and O–H groups in total. The van der Waals surface area contributed by atoms with E-state index in [4.69, 9.17) is 5.26 Å². The third kappa shape index (κ3) is 2.76. The first-order valence-electron chi connectivity index (χ1n) is 3.51. The molecule has 0 spiro atoms. The monoisotopic (exact) mass is 149 g/mol. The molecule has 0 unspecified atom stereocenters. The first-order chi connectivity index (χ1) is 5.34. The fraction of sp³-hybridized carbons (Fsp3) is 0.375. The van der Waals surface area contributed by atoms with Gasteiger partial charge in [-0.1, -0.05) is 13.8 Å². The molecule has 1 rings (SSSR count). The molecule has 0 atom stereocenters. The Kier molecular flexibility index (Phi) is 4.67. The SMILES string of the molecule is CC.Cc1ncncc1C#N. The fourth-order valence-electron chi connectivity index (χ4n) is 0.501. The van der Waals surface area contributed by atoms with Crippen molar-refractivity contribution in [2.75, 3.05) is 0 Å². The van der Waals surface area contributed by atoms with Crippen LogP contribution in [0.4, 0.5) is 0 Å². The third-order valence-corrected chi connectivity index (χ3v) is 1.03. The number of nitrogens with zero attached hydrogens (tertiary/aromatic N) is 3. The summed E-state index contributed by atoms with van der Waals surface area (Å²) in [6.07, 6.45) is 2.93. The molecule has 0 aliphatic rings. The van der Waals surface area contributed by atoms with E-state index in [1.54, 1.807) is 6.92 Å². The Morgan fingerprint density at radius 2 is 2.09 bits per heavy atom. The van der Waals surface area contributed by atoms with Crippen molar-refractivity contribution in [1.29, 1.82) is 5.26 Å². The van der Waals surface area contributed by atoms with Crippen molar-refractivity contribution in [3.05, 3.63) is 23.8 Å². The molecular formula is C8H11N3.